The Morgan fingerprint density at radius 1 is 1.12 bits per heavy atom. The van der Waals surface area contributed by atoms with E-state index < -0.39 is 0 Å². The molecule has 3 heterocycles. The largest absolute Gasteiger partial charge is 0.497 e. The maximum atomic E-state index is 12.7. The molecule has 0 atom stereocenters. The highest BCUT2D eigenvalue weighted by Gasteiger charge is 2.26. The van der Waals surface area contributed by atoms with E-state index in [0.717, 1.165) is 10.1 Å². The van der Waals surface area contributed by atoms with Crippen molar-refractivity contribution >= 4 is 46.5 Å². The molecule has 3 aromatic rings. The molecular formula is C23H24N4O5S2. The third kappa shape index (κ3) is 6.17. The van der Waals surface area contributed by atoms with Crippen molar-refractivity contribution in [2.45, 2.75) is 10.8 Å². The van der Waals surface area contributed by atoms with Gasteiger partial charge in [0.25, 0.3) is 5.91 Å². The molecule has 1 aliphatic heterocycles. The number of methoxy groups -OCH3 is 1. The third-order valence-corrected chi connectivity index (χ3v) is 7.28. The molecule has 9 nitrogen and oxygen atoms in total. The van der Waals surface area contributed by atoms with Gasteiger partial charge in [0.05, 0.1) is 31.2 Å². The molecule has 0 bridgehead atoms. The molecule has 0 saturated carbocycles. The lowest BCUT2D eigenvalue weighted by Crippen LogP contribution is -2.50. The Bertz CT molecular complexity index is 1120. The maximum absolute atomic E-state index is 12.7. The number of hydrogen-bond acceptors (Lipinski definition) is 8. The zero-order chi connectivity index (χ0) is 23.9. The second-order valence-corrected chi connectivity index (χ2v) is 9.58. The lowest BCUT2D eigenvalue weighted by atomic mass is 10.2. The van der Waals surface area contributed by atoms with E-state index in [2.05, 4.69) is 10.3 Å². The fourth-order valence-corrected chi connectivity index (χ4v) is 5.06. The average Bonchev–Trinajstić information content (AvgIpc) is 3.55. The van der Waals surface area contributed by atoms with Crippen molar-refractivity contribution in [1.29, 1.82) is 0 Å². The molecule has 4 rings (SSSR count). The fraction of sp³-hybridized carbons (Fsp3) is 0.304. The Balaban J connectivity index is 1.20. The Kier molecular flexibility index (Phi) is 7.86. The first-order valence-electron chi connectivity index (χ1n) is 10.6. The second kappa shape index (κ2) is 11.2. The number of rotatable bonds is 8. The highest BCUT2D eigenvalue weighted by molar-refractivity contribution is 8.01. The second-order valence-electron chi connectivity index (χ2n) is 7.50. The first-order valence-corrected chi connectivity index (χ1v) is 12.5. The number of carbonyl (C=O) groups excluding carboxylic acids is 3. The molecule has 0 aliphatic carbocycles. The van der Waals surface area contributed by atoms with Crippen LogP contribution in [0.1, 0.15) is 16.2 Å². The highest BCUT2D eigenvalue weighted by Crippen LogP contribution is 2.24. The number of nitrogens with one attached hydrogen (secondary N) is 1. The number of benzene rings is 1. The summed E-state index contributed by atoms with van der Waals surface area (Å²) in [7, 11) is 1.59. The number of hydrogen-bond donors (Lipinski definition) is 1. The SMILES string of the molecule is COc1ccc(NC(=O)CSc2nc(CC(=O)N3CCN(C(=O)c4ccco4)CC3)cs2)cc1. The zero-order valence-corrected chi connectivity index (χ0v) is 20.2. The number of anilines is 1. The Morgan fingerprint density at radius 2 is 1.85 bits per heavy atom. The minimum atomic E-state index is -0.158. The molecule has 11 heteroatoms. The molecule has 1 aliphatic rings. The number of piperazine rings is 1. The van der Waals surface area contributed by atoms with Gasteiger partial charge in [0, 0.05) is 37.2 Å². The maximum Gasteiger partial charge on any atom is 0.289 e. The van der Waals surface area contributed by atoms with Crippen molar-refractivity contribution in [2.75, 3.05) is 44.4 Å². The van der Waals surface area contributed by atoms with Gasteiger partial charge in [0.1, 0.15) is 5.75 Å². The molecule has 3 amide bonds. The van der Waals surface area contributed by atoms with E-state index >= 15 is 0 Å². The number of furan rings is 1. The Hall–Kier alpha value is -3.31. The predicted octanol–water partition coefficient (Wildman–Crippen LogP) is 3.00. The van der Waals surface area contributed by atoms with Crippen molar-refractivity contribution in [3.8, 4) is 5.75 Å². The van der Waals surface area contributed by atoms with E-state index in [9.17, 15) is 14.4 Å². The van der Waals surface area contributed by atoms with E-state index in [-0.39, 0.29) is 29.9 Å². The van der Waals surface area contributed by atoms with Crippen LogP contribution in [0.4, 0.5) is 5.69 Å². The summed E-state index contributed by atoms with van der Waals surface area (Å²) in [5, 5.41) is 4.68. The molecule has 0 spiro atoms. The van der Waals surface area contributed by atoms with Crippen LogP contribution in [0.15, 0.2) is 56.8 Å². The molecule has 1 fully saturated rings. The molecule has 0 unspecified atom stereocenters. The molecular weight excluding hydrogens is 476 g/mol. The van der Waals surface area contributed by atoms with Crippen LogP contribution in [0.2, 0.25) is 0 Å². The molecule has 1 aromatic carbocycles. The number of nitrogens with zero attached hydrogens (tertiary/aromatic N) is 3. The Morgan fingerprint density at radius 3 is 2.53 bits per heavy atom. The zero-order valence-electron chi connectivity index (χ0n) is 18.6. The van der Waals surface area contributed by atoms with Gasteiger partial charge in [-0.2, -0.15) is 0 Å². The minimum absolute atomic E-state index is 0.0239. The first kappa shape index (κ1) is 23.8. The van der Waals surface area contributed by atoms with Gasteiger partial charge >= 0.3 is 0 Å². The highest BCUT2D eigenvalue weighted by atomic mass is 32.2. The van der Waals surface area contributed by atoms with Crippen molar-refractivity contribution in [2.24, 2.45) is 0 Å². The van der Waals surface area contributed by atoms with Gasteiger partial charge in [0.15, 0.2) is 10.1 Å². The normalized spacial score (nSPS) is 13.6. The van der Waals surface area contributed by atoms with Gasteiger partial charge in [-0.15, -0.1) is 11.3 Å². The van der Waals surface area contributed by atoms with E-state index in [0.29, 0.717) is 43.3 Å². The lowest BCUT2D eigenvalue weighted by molar-refractivity contribution is -0.132. The predicted molar refractivity (Wildman–Crippen MR) is 129 cm³/mol. The molecule has 1 saturated heterocycles. The minimum Gasteiger partial charge on any atom is -0.497 e. The summed E-state index contributed by atoms with van der Waals surface area (Å²) >= 11 is 2.75. The van der Waals surface area contributed by atoms with Crippen LogP contribution in [-0.2, 0) is 16.0 Å². The van der Waals surface area contributed by atoms with E-state index in [4.69, 9.17) is 9.15 Å². The summed E-state index contributed by atoms with van der Waals surface area (Å²) in [5.41, 5.74) is 1.38. The van der Waals surface area contributed by atoms with Crippen molar-refractivity contribution in [3.63, 3.8) is 0 Å². The first-order chi connectivity index (χ1) is 16.5. The standard InChI is InChI=1S/C23H24N4O5S2/c1-31-18-6-4-16(5-7-18)24-20(28)15-34-23-25-17(14-33-23)13-21(29)26-8-10-27(11-9-26)22(30)19-3-2-12-32-19/h2-7,12,14H,8-11,13,15H2,1H3,(H,24,28). The molecule has 0 radical (unpaired) electrons. The van der Waals surface area contributed by atoms with Crippen LogP contribution in [0.5, 0.6) is 5.75 Å². The van der Waals surface area contributed by atoms with E-state index in [1.807, 2.05) is 5.38 Å². The number of aromatic nitrogens is 1. The van der Waals surface area contributed by atoms with Gasteiger partial charge in [-0.05, 0) is 36.4 Å². The van der Waals surface area contributed by atoms with Crippen LogP contribution < -0.4 is 10.1 Å². The summed E-state index contributed by atoms with van der Waals surface area (Å²) in [6, 6.07) is 10.4. The molecule has 2 aromatic heterocycles. The quantitative estimate of drug-likeness (QED) is 0.474. The van der Waals surface area contributed by atoms with Crippen molar-refractivity contribution in [3.05, 3.63) is 59.5 Å². The van der Waals surface area contributed by atoms with Crippen molar-refractivity contribution in [1.82, 2.24) is 14.8 Å². The van der Waals surface area contributed by atoms with Gasteiger partial charge in [-0.1, -0.05) is 11.8 Å². The summed E-state index contributed by atoms with van der Waals surface area (Å²) < 4.78 is 11.0. The third-order valence-electron chi connectivity index (χ3n) is 5.22. The Labute approximate surface area is 205 Å². The van der Waals surface area contributed by atoms with Gasteiger partial charge < -0.3 is 24.3 Å². The van der Waals surface area contributed by atoms with Gasteiger partial charge in [-0.25, -0.2) is 4.98 Å². The van der Waals surface area contributed by atoms with Crippen molar-refractivity contribution < 1.29 is 23.5 Å². The van der Waals surface area contributed by atoms with Crippen LogP contribution in [0, 0.1) is 0 Å². The summed E-state index contributed by atoms with van der Waals surface area (Å²) in [6.07, 6.45) is 1.67. The van der Waals surface area contributed by atoms with Crippen LogP contribution in [0.25, 0.3) is 0 Å². The van der Waals surface area contributed by atoms with E-state index in [1.54, 1.807) is 53.3 Å². The van der Waals surface area contributed by atoms with Crippen LogP contribution >= 0.6 is 23.1 Å². The summed E-state index contributed by atoms with van der Waals surface area (Å²) in [5.74, 6) is 0.938. The van der Waals surface area contributed by atoms with E-state index in [1.165, 1.54) is 29.4 Å². The summed E-state index contributed by atoms with van der Waals surface area (Å²) in [4.78, 5) is 45.2. The van der Waals surface area contributed by atoms with Crippen LogP contribution in [0.3, 0.4) is 0 Å². The molecule has 34 heavy (non-hydrogen) atoms. The summed E-state index contributed by atoms with van der Waals surface area (Å²) in [6.45, 7) is 1.88. The average molecular weight is 501 g/mol. The number of ether oxygens (including phenoxy) is 1. The monoisotopic (exact) mass is 500 g/mol. The number of amides is 3. The van der Waals surface area contributed by atoms with Crippen LogP contribution in [-0.4, -0.2) is 71.5 Å². The van der Waals surface area contributed by atoms with Gasteiger partial charge in [0.2, 0.25) is 11.8 Å². The van der Waals surface area contributed by atoms with Gasteiger partial charge in [-0.3, -0.25) is 14.4 Å². The lowest BCUT2D eigenvalue weighted by Gasteiger charge is -2.34. The number of thiazole rings is 1. The number of thioether (sulfide) groups is 1. The fourth-order valence-electron chi connectivity index (χ4n) is 3.42. The smallest absolute Gasteiger partial charge is 0.289 e. The molecule has 1 N–H and O–H groups in total. The topological polar surface area (TPSA) is 105 Å². The molecule has 178 valence electrons. The number of carbonyl (C=O) groups is 3.